The van der Waals surface area contributed by atoms with E-state index >= 15 is 0 Å². The van der Waals surface area contributed by atoms with Gasteiger partial charge in [0.2, 0.25) is 0 Å². The molecule has 0 aliphatic carbocycles. The first-order valence-electron chi connectivity index (χ1n) is 10.9. The first kappa shape index (κ1) is 25.1. The summed E-state index contributed by atoms with van der Waals surface area (Å²) in [5.41, 5.74) is 0. The minimum atomic E-state index is -0.843. The summed E-state index contributed by atoms with van der Waals surface area (Å²) in [6, 6.07) is 43.5. The second kappa shape index (κ2) is 12.6. The van der Waals surface area contributed by atoms with E-state index in [1.807, 2.05) is 0 Å². The van der Waals surface area contributed by atoms with Crippen molar-refractivity contribution in [1.29, 1.82) is 0 Å². The molecule has 0 N–H and O–H groups in total. The molecule has 0 nitrogen and oxygen atoms in total. The SMILES string of the molecule is [Cl][Pd][CH2]CCC(Cl)(P(c1ccccc1)c1ccccc1)P(c1ccccc1)c1ccccc1. The maximum atomic E-state index is 8.07. The average Bonchev–Trinajstić information content (AvgIpc) is 2.87. The van der Waals surface area contributed by atoms with Crippen LogP contribution in [0.2, 0.25) is 4.89 Å². The van der Waals surface area contributed by atoms with E-state index in [1.54, 1.807) is 0 Å². The van der Waals surface area contributed by atoms with Crippen molar-refractivity contribution in [1.82, 2.24) is 0 Å². The Hall–Kier alpha value is -1.02. The molecular weight excluding hydrogens is 576 g/mol. The van der Waals surface area contributed by atoms with E-state index in [0.717, 1.165) is 17.7 Å². The van der Waals surface area contributed by atoms with Gasteiger partial charge < -0.3 is 0 Å². The number of rotatable bonds is 10. The Balaban J connectivity index is 1.95. The van der Waals surface area contributed by atoms with Crippen LogP contribution in [0.4, 0.5) is 0 Å². The van der Waals surface area contributed by atoms with Crippen LogP contribution >= 0.6 is 37.0 Å². The molecule has 0 saturated heterocycles. The number of halogens is 2. The Bertz CT molecular complexity index is 934. The van der Waals surface area contributed by atoms with E-state index in [9.17, 15) is 0 Å². The van der Waals surface area contributed by atoms with E-state index < -0.39 is 20.2 Å². The van der Waals surface area contributed by atoms with Gasteiger partial charge in [-0.05, 0) is 0 Å². The molecule has 0 bridgehead atoms. The Morgan fingerprint density at radius 2 is 0.848 bits per heavy atom. The number of hydrogen-bond donors (Lipinski definition) is 0. The van der Waals surface area contributed by atoms with Gasteiger partial charge in [-0.2, -0.15) is 0 Å². The van der Waals surface area contributed by atoms with Gasteiger partial charge in [-0.15, -0.1) is 0 Å². The summed E-state index contributed by atoms with van der Waals surface area (Å²) in [5.74, 6) is 0. The van der Waals surface area contributed by atoms with Crippen molar-refractivity contribution in [2.75, 3.05) is 0 Å². The maximum absolute atomic E-state index is 8.07. The van der Waals surface area contributed by atoms with Gasteiger partial charge in [-0.3, -0.25) is 0 Å². The van der Waals surface area contributed by atoms with Crippen LogP contribution in [0.25, 0.3) is 0 Å². The monoisotopic (exact) mass is 600 g/mol. The van der Waals surface area contributed by atoms with E-state index in [-0.39, 0.29) is 17.0 Å². The molecule has 4 aromatic rings. The second-order valence-corrected chi connectivity index (χ2v) is 16.2. The van der Waals surface area contributed by atoms with Crippen molar-refractivity contribution in [2.45, 2.75) is 22.1 Å². The summed E-state index contributed by atoms with van der Waals surface area (Å²) in [5, 5.41) is 5.29. The molecule has 4 aromatic carbocycles. The zero-order valence-electron chi connectivity index (χ0n) is 18.1. The molecule has 33 heavy (non-hydrogen) atoms. The van der Waals surface area contributed by atoms with Gasteiger partial charge in [0, 0.05) is 0 Å². The van der Waals surface area contributed by atoms with E-state index in [4.69, 9.17) is 21.1 Å². The first-order chi connectivity index (χ1) is 16.2. The van der Waals surface area contributed by atoms with Crippen LogP contribution in [0.5, 0.6) is 0 Å². The Morgan fingerprint density at radius 3 is 1.12 bits per heavy atom. The molecule has 0 aromatic heterocycles. The van der Waals surface area contributed by atoms with Gasteiger partial charge in [0.25, 0.3) is 0 Å². The summed E-state index contributed by atoms with van der Waals surface area (Å²) in [4.78, 5) is 1.02. The fraction of sp³-hybridized carbons (Fsp3) is 0.143. The van der Waals surface area contributed by atoms with Crippen molar-refractivity contribution < 1.29 is 17.0 Å². The normalized spacial score (nSPS) is 11.9. The molecule has 0 amide bonds. The molecule has 0 aliphatic heterocycles. The fourth-order valence-corrected chi connectivity index (χ4v) is 13.3. The van der Waals surface area contributed by atoms with Crippen LogP contribution in [0.1, 0.15) is 12.8 Å². The standard InChI is InChI=1S/C28H26ClP2.ClH.Pd/c1-2-23-28(29,30(24-15-7-3-8-16-24)25-17-9-4-10-18-25)31(26-19-11-5-12-20-26)27-21-13-6-14-22-27;;/h3-22H,1-2,23H2;1H;/q;;+1/p-1. The molecule has 0 atom stereocenters. The zero-order valence-corrected chi connectivity index (χ0v) is 23.0. The van der Waals surface area contributed by atoms with Crippen LogP contribution in [-0.4, -0.2) is 4.36 Å². The molecule has 0 aliphatic rings. The Morgan fingerprint density at radius 1 is 0.545 bits per heavy atom. The molecule has 0 saturated carbocycles. The third kappa shape index (κ3) is 6.16. The topological polar surface area (TPSA) is 0 Å². The van der Waals surface area contributed by atoms with E-state index in [2.05, 4.69) is 121 Å². The van der Waals surface area contributed by atoms with Crippen molar-refractivity contribution in [3.8, 4) is 0 Å². The zero-order chi connectivity index (χ0) is 22.9. The molecular formula is C28H26Cl2P2Pd. The van der Waals surface area contributed by atoms with Gasteiger partial charge in [0.15, 0.2) is 0 Å². The van der Waals surface area contributed by atoms with Crippen LogP contribution in [0.3, 0.4) is 0 Å². The molecule has 172 valence electrons. The number of benzene rings is 4. The Labute approximate surface area is 217 Å². The Kier molecular flexibility index (Phi) is 9.59. The molecule has 0 unspecified atom stereocenters. The van der Waals surface area contributed by atoms with Crippen molar-refractivity contribution >= 4 is 58.2 Å². The quantitative estimate of drug-likeness (QED) is 0.0761. The second-order valence-electron chi connectivity index (χ2n) is 7.58. The molecule has 4 rings (SSSR count). The predicted molar refractivity (Wildman–Crippen MR) is 147 cm³/mol. The predicted octanol–water partition coefficient (Wildman–Crippen LogP) is 7.58. The van der Waals surface area contributed by atoms with Gasteiger partial charge in [0.05, 0.1) is 0 Å². The summed E-state index contributed by atoms with van der Waals surface area (Å²) < 4.78 is -0.448. The first-order valence-corrected chi connectivity index (χ1v) is 17.0. The summed E-state index contributed by atoms with van der Waals surface area (Å²) in [6.45, 7) is 0. The van der Waals surface area contributed by atoms with Crippen LogP contribution in [0, 0.1) is 0 Å². The average molecular weight is 602 g/mol. The van der Waals surface area contributed by atoms with E-state index in [0.29, 0.717) is 0 Å². The fourth-order valence-electron chi connectivity index (χ4n) is 4.04. The number of alkyl halides is 1. The number of hydrogen-bond acceptors (Lipinski definition) is 0. The van der Waals surface area contributed by atoms with Gasteiger partial charge in [-0.25, -0.2) is 0 Å². The summed E-state index contributed by atoms with van der Waals surface area (Å²) >= 11 is 8.30. The molecule has 0 spiro atoms. The molecule has 0 heterocycles. The van der Waals surface area contributed by atoms with Crippen LogP contribution in [0.15, 0.2) is 121 Å². The van der Waals surface area contributed by atoms with Gasteiger partial charge in [-0.1, -0.05) is 0 Å². The van der Waals surface area contributed by atoms with Crippen molar-refractivity contribution in [3.63, 3.8) is 0 Å². The van der Waals surface area contributed by atoms with Crippen LogP contribution < -0.4 is 21.2 Å². The minimum absolute atomic E-state index is 0.234. The van der Waals surface area contributed by atoms with Gasteiger partial charge >= 0.3 is 219 Å². The molecule has 0 radical (unpaired) electrons. The third-order valence-electron chi connectivity index (χ3n) is 5.41. The van der Waals surface area contributed by atoms with Crippen molar-refractivity contribution in [3.05, 3.63) is 121 Å². The van der Waals surface area contributed by atoms with Crippen LogP contribution in [-0.2, 0) is 17.0 Å². The summed E-state index contributed by atoms with van der Waals surface area (Å²) in [6.07, 6.45) is 1.95. The summed E-state index contributed by atoms with van der Waals surface area (Å²) in [7, 11) is 4.49. The van der Waals surface area contributed by atoms with Gasteiger partial charge in [0.1, 0.15) is 0 Å². The molecule has 0 fully saturated rings. The molecule has 5 heteroatoms. The third-order valence-corrected chi connectivity index (χ3v) is 14.4. The van der Waals surface area contributed by atoms with Crippen molar-refractivity contribution in [2.24, 2.45) is 0 Å². The van der Waals surface area contributed by atoms with E-state index in [1.165, 1.54) is 21.2 Å².